The van der Waals surface area contributed by atoms with Crippen LogP contribution >= 0.6 is 0 Å². The number of halogens is 2. The minimum Gasteiger partial charge on any atom is -0.299 e. The minimum absolute atomic E-state index is 0.176. The minimum atomic E-state index is -2.49. The van der Waals surface area contributed by atoms with Gasteiger partial charge in [0, 0.05) is 6.42 Å². The highest BCUT2D eigenvalue weighted by Gasteiger charge is 2.27. The van der Waals surface area contributed by atoms with Crippen LogP contribution in [0.1, 0.15) is 12.8 Å². The molecule has 0 N–H and O–H groups in total. The molecule has 0 aromatic rings. The zero-order chi connectivity index (χ0) is 7.56. The Bertz CT molecular complexity index is 163. The van der Waals surface area contributed by atoms with Gasteiger partial charge < -0.3 is 0 Å². The molecule has 1 rings (SSSR count). The van der Waals surface area contributed by atoms with E-state index in [0.29, 0.717) is 0 Å². The summed E-state index contributed by atoms with van der Waals surface area (Å²) in [6.45, 7) is 0. The molecule has 0 aromatic heterocycles. The molecule has 0 aromatic carbocycles. The van der Waals surface area contributed by atoms with Crippen molar-refractivity contribution in [3.63, 3.8) is 0 Å². The van der Waals surface area contributed by atoms with Crippen LogP contribution in [0.4, 0.5) is 8.78 Å². The standard InChI is InChI=1S/C7H8F2O/c8-7(9)5-3-1-2-4-6(5)10/h1-2,5,7H,3-4H2. The number of ketones is 1. The van der Waals surface area contributed by atoms with E-state index in [0.717, 1.165) is 0 Å². The van der Waals surface area contributed by atoms with E-state index < -0.39 is 12.3 Å². The maximum absolute atomic E-state index is 11.9. The molecule has 0 saturated carbocycles. The lowest BCUT2D eigenvalue weighted by Gasteiger charge is -2.14. The highest BCUT2D eigenvalue weighted by molar-refractivity contribution is 5.83. The van der Waals surface area contributed by atoms with Gasteiger partial charge in [-0.05, 0) is 6.42 Å². The van der Waals surface area contributed by atoms with E-state index >= 15 is 0 Å². The van der Waals surface area contributed by atoms with Crippen molar-refractivity contribution in [2.75, 3.05) is 0 Å². The number of hydrogen-bond donors (Lipinski definition) is 0. The third-order valence-corrected chi connectivity index (χ3v) is 1.59. The van der Waals surface area contributed by atoms with Crippen molar-refractivity contribution < 1.29 is 13.6 Å². The first-order valence-electron chi connectivity index (χ1n) is 3.17. The predicted molar refractivity (Wildman–Crippen MR) is 32.9 cm³/mol. The van der Waals surface area contributed by atoms with Crippen LogP contribution in [0.3, 0.4) is 0 Å². The lowest BCUT2D eigenvalue weighted by molar-refractivity contribution is -0.127. The van der Waals surface area contributed by atoms with E-state index in [1.807, 2.05) is 0 Å². The Morgan fingerprint density at radius 1 is 1.50 bits per heavy atom. The van der Waals surface area contributed by atoms with E-state index in [1.54, 1.807) is 12.2 Å². The van der Waals surface area contributed by atoms with Crippen molar-refractivity contribution in [2.24, 2.45) is 5.92 Å². The summed E-state index contributed by atoms with van der Waals surface area (Å²) in [5, 5.41) is 0. The first-order chi connectivity index (χ1) is 4.72. The second-order valence-corrected chi connectivity index (χ2v) is 2.32. The van der Waals surface area contributed by atoms with Crippen molar-refractivity contribution in [1.82, 2.24) is 0 Å². The fourth-order valence-electron chi connectivity index (χ4n) is 0.969. The van der Waals surface area contributed by atoms with Crippen LogP contribution in [0.2, 0.25) is 0 Å². The smallest absolute Gasteiger partial charge is 0.248 e. The molecular formula is C7H8F2O. The lowest BCUT2D eigenvalue weighted by atomic mass is 9.94. The SMILES string of the molecule is O=C1CC=CCC1C(F)F. The number of hydrogen-bond acceptors (Lipinski definition) is 1. The van der Waals surface area contributed by atoms with Crippen LogP contribution < -0.4 is 0 Å². The Balaban J connectivity index is 2.59. The van der Waals surface area contributed by atoms with E-state index in [2.05, 4.69) is 0 Å². The van der Waals surface area contributed by atoms with Gasteiger partial charge >= 0.3 is 0 Å². The third kappa shape index (κ3) is 1.40. The molecule has 3 heteroatoms. The molecule has 0 heterocycles. The van der Waals surface area contributed by atoms with E-state index in [-0.39, 0.29) is 18.6 Å². The second kappa shape index (κ2) is 2.90. The summed E-state index contributed by atoms with van der Waals surface area (Å²) in [4.78, 5) is 10.7. The summed E-state index contributed by atoms with van der Waals surface area (Å²) in [5.74, 6) is -1.37. The second-order valence-electron chi connectivity index (χ2n) is 2.32. The maximum Gasteiger partial charge on any atom is 0.248 e. The zero-order valence-corrected chi connectivity index (χ0v) is 5.39. The molecule has 0 bridgehead atoms. The first-order valence-corrected chi connectivity index (χ1v) is 3.17. The van der Waals surface area contributed by atoms with Crippen LogP contribution in [0, 0.1) is 5.92 Å². The molecule has 1 unspecified atom stereocenters. The molecule has 10 heavy (non-hydrogen) atoms. The Morgan fingerprint density at radius 2 is 2.20 bits per heavy atom. The Morgan fingerprint density at radius 3 is 2.60 bits per heavy atom. The molecule has 0 amide bonds. The molecule has 1 aliphatic rings. The van der Waals surface area contributed by atoms with Crippen molar-refractivity contribution in [3.05, 3.63) is 12.2 Å². The van der Waals surface area contributed by atoms with Crippen molar-refractivity contribution in [2.45, 2.75) is 19.3 Å². The van der Waals surface area contributed by atoms with Crippen LogP contribution in [0.15, 0.2) is 12.2 Å². The highest BCUT2D eigenvalue weighted by Crippen LogP contribution is 2.21. The van der Waals surface area contributed by atoms with Crippen LogP contribution in [0.5, 0.6) is 0 Å². The van der Waals surface area contributed by atoms with Crippen molar-refractivity contribution in [3.8, 4) is 0 Å². The first kappa shape index (κ1) is 7.38. The molecule has 1 aliphatic carbocycles. The number of carbonyl (C=O) groups is 1. The Labute approximate surface area is 57.7 Å². The lowest BCUT2D eigenvalue weighted by Crippen LogP contribution is -2.23. The maximum atomic E-state index is 11.9. The van der Waals surface area contributed by atoms with Gasteiger partial charge in [-0.15, -0.1) is 0 Å². The molecule has 56 valence electrons. The fraction of sp³-hybridized carbons (Fsp3) is 0.571. The third-order valence-electron chi connectivity index (χ3n) is 1.59. The monoisotopic (exact) mass is 146 g/mol. The largest absolute Gasteiger partial charge is 0.299 e. The average molecular weight is 146 g/mol. The Kier molecular flexibility index (Phi) is 2.14. The highest BCUT2D eigenvalue weighted by atomic mass is 19.3. The molecule has 1 nitrogen and oxygen atoms in total. The number of allylic oxidation sites excluding steroid dienone is 2. The van der Waals surface area contributed by atoms with Gasteiger partial charge in [0.25, 0.3) is 0 Å². The van der Waals surface area contributed by atoms with Gasteiger partial charge in [0.15, 0.2) is 0 Å². The zero-order valence-electron chi connectivity index (χ0n) is 5.39. The summed E-state index contributed by atoms with van der Waals surface area (Å²) in [6, 6.07) is 0. The van der Waals surface area contributed by atoms with Crippen LogP contribution in [-0.4, -0.2) is 12.2 Å². The number of Topliss-reactive ketones (excluding diaryl/α,β-unsaturated/α-hetero) is 1. The summed E-state index contributed by atoms with van der Waals surface area (Å²) >= 11 is 0. The molecule has 0 fully saturated rings. The number of rotatable bonds is 1. The van der Waals surface area contributed by atoms with Gasteiger partial charge in [-0.3, -0.25) is 4.79 Å². The summed E-state index contributed by atoms with van der Waals surface area (Å²) < 4.78 is 23.8. The Hall–Kier alpha value is -0.730. The van der Waals surface area contributed by atoms with Crippen LogP contribution in [0.25, 0.3) is 0 Å². The van der Waals surface area contributed by atoms with Gasteiger partial charge in [-0.25, -0.2) is 8.78 Å². The quantitative estimate of drug-likeness (QED) is 0.515. The molecule has 0 radical (unpaired) electrons. The van der Waals surface area contributed by atoms with Gasteiger partial charge in [-0.1, -0.05) is 12.2 Å². The number of alkyl halides is 2. The van der Waals surface area contributed by atoms with Crippen molar-refractivity contribution >= 4 is 5.78 Å². The fourth-order valence-corrected chi connectivity index (χ4v) is 0.969. The summed E-state index contributed by atoms with van der Waals surface area (Å²) in [5.41, 5.74) is 0. The van der Waals surface area contributed by atoms with Gasteiger partial charge in [0.1, 0.15) is 5.78 Å². The molecule has 0 spiro atoms. The average Bonchev–Trinajstić information content (AvgIpc) is 1.88. The molecule has 1 atom stereocenters. The van der Waals surface area contributed by atoms with E-state index in [4.69, 9.17) is 0 Å². The number of carbonyl (C=O) groups excluding carboxylic acids is 1. The molecular weight excluding hydrogens is 138 g/mol. The van der Waals surface area contributed by atoms with Gasteiger partial charge in [0.2, 0.25) is 6.43 Å². The van der Waals surface area contributed by atoms with Crippen LogP contribution in [-0.2, 0) is 4.79 Å². The normalized spacial score (nSPS) is 25.9. The molecule has 0 aliphatic heterocycles. The topological polar surface area (TPSA) is 17.1 Å². The van der Waals surface area contributed by atoms with E-state index in [9.17, 15) is 13.6 Å². The predicted octanol–water partition coefficient (Wildman–Crippen LogP) is 1.79. The van der Waals surface area contributed by atoms with E-state index in [1.165, 1.54) is 0 Å². The van der Waals surface area contributed by atoms with Gasteiger partial charge in [-0.2, -0.15) is 0 Å². The van der Waals surface area contributed by atoms with Gasteiger partial charge in [0.05, 0.1) is 5.92 Å². The summed E-state index contributed by atoms with van der Waals surface area (Å²) in [7, 11) is 0. The van der Waals surface area contributed by atoms with Crippen molar-refractivity contribution in [1.29, 1.82) is 0 Å². The molecule has 0 saturated heterocycles. The summed E-state index contributed by atoms with van der Waals surface area (Å²) in [6.07, 6.45) is 1.17.